The number of halogens is 1. The molecule has 0 saturated carbocycles. The van der Waals surface area contributed by atoms with Crippen molar-refractivity contribution >= 4 is 27.6 Å². The normalized spacial score (nSPS) is 17.4. The SMILES string of the molecule is CCNC(=NCc1nccn1CC(C)C)NC1CCN(c2ccc(Br)cc2)C1. The number of imidazole rings is 1. The summed E-state index contributed by atoms with van der Waals surface area (Å²) in [7, 11) is 0. The maximum Gasteiger partial charge on any atom is 0.191 e. The third kappa shape index (κ3) is 5.74. The van der Waals surface area contributed by atoms with Gasteiger partial charge in [0.2, 0.25) is 0 Å². The number of guanidine groups is 1. The summed E-state index contributed by atoms with van der Waals surface area (Å²) in [5.74, 6) is 2.46. The van der Waals surface area contributed by atoms with E-state index in [1.165, 1.54) is 5.69 Å². The van der Waals surface area contributed by atoms with E-state index in [4.69, 9.17) is 4.99 Å². The van der Waals surface area contributed by atoms with Crippen LogP contribution in [0.25, 0.3) is 0 Å². The predicted octanol–water partition coefficient (Wildman–Crippen LogP) is 3.64. The summed E-state index contributed by atoms with van der Waals surface area (Å²) in [4.78, 5) is 11.7. The van der Waals surface area contributed by atoms with Gasteiger partial charge in [0, 0.05) is 54.8 Å². The second-order valence-electron chi connectivity index (χ2n) is 7.64. The summed E-state index contributed by atoms with van der Waals surface area (Å²) in [6.45, 7) is 11.0. The Bertz CT molecular complexity index is 767. The largest absolute Gasteiger partial charge is 0.369 e. The quantitative estimate of drug-likeness (QED) is 0.503. The van der Waals surface area contributed by atoms with E-state index in [9.17, 15) is 0 Å². The molecule has 0 amide bonds. The average molecular weight is 447 g/mol. The maximum atomic E-state index is 4.78. The van der Waals surface area contributed by atoms with Gasteiger partial charge >= 0.3 is 0 Å². The lowest BCUT2D eigenvalue weighted by Crippen LogP contribution is -2.44. The minimum atomic E-state index is 0.386. The molecule has 0 bridgehead atoms. The van der Waals surface area contributed by atoms with Gasteiger partial charge in [0.15, 0.2) is 5.96 Å². The van der Waals surface area contributed by atoms with Crippen molar-refractivity contribution < 1.29 is 0 Å². The van der Waals surface area contributed by atoms with Crippen LogP contribution in [0.2, 0.25) is 0 Å². The smallest absolute Gasteiger partial charge is 0.191 e. The number of benzene rings is 1. The molecular formula is C21H31BrN6. The van der Waals surface area contributed by atoms with Crippen molar-refractivity contribution in [2.75, 3.05) is 24.5 Å². The number of hydrogen-bond donors (Lipinski definition) is 2. The number of anilines is 1. The van der Waals surface area contributed by atoms with Gasteiger partial charge in [0.1, 0.15) is 12.4 Å². The number of hydrogen-bond acceptors (Lipinski definition) is 3. The highest BCUT2D eigenvalue weighted by atomic mass is 79.9. The number of rotatable bonds is 7. The molecular weight excluding hydrogens is 416 g/mol. The molecule has 1 aliphatic rings. The first-order chi connectivity index (χ1) is 13.5. The molecule has 1 aromatic carbocycles. The Morgan fingerprint density at radius 2 is 2.11 bits per heavy atom. The Kier molecular flexibility index (Phi) is 7.36. The second kappa shape index (κ2) is 9.96. The van der Waals surface area contributed by atoms with Crippen LogP contribution in [0.1, 0.15) is 33.0 Å². The van der Waals surface area contributed by atoms with Crippen LogP contribution in [0.4, 0.5) is 5.69 Å². The molecule has 1 aliphatic heterocycles. The Morgan fingerprint density at radius 3 is 2.82 bits per heavy atom. The minimum absolute atomic E-state index is 0.386. The number of aliphatic imine (C=N–C) groups is 1. The van der Waals surface area contributed by atoms with E-state index in [0.717, 1.165) is 48.9 Å². The van der Waals surface area contributed by atoms with Crippen LogP contribution >= 0.6 is 15.9 Å². The van der Waals surface area contributed by atoms with E-state index in [-0.39, 0.29) is 0 Å². The molecule has 2 aromatic rings. The van der Waals surface area contributed by atoms with Crippen molar-refractivity contribution in [1.29, 1.82) is 0 Å². The molecule has 0 aliphatic carbocycles. The lowest BCUT2D eigenvalue weighted by Gasteiger charge is -2.20. The van der Waals surface area contributed by atoms with Gasteiger partial charge in [-0.3, -0.25) is 0 Å². The van der Waals surface area contributed by atoms with E-state index in [0.29, 0.717) is 18.5 Å². The summed E-state index contributed by atoms with van der Waals surface area (Å²) < 4.78 is 3.31. The van der Waals surface area contributed by atoms with E-state index in [1.807, 2.05) is 12.4 Å². The number of aromatic nitrogens is 2. The third-order valence-electron chi connectivity index (χ3n) is 4.81. The first-order valence-corrected chi connectivity index (χ1v) is 10.9. The Hall–Kier alpha value is -2.02. The van der Waals surface area contributed by atoms with Crippen LogP contribution < -0.4 is 15.5 Å². The van der Waals surface area contributed by atoms with Crippen LogP contribution in [0, 0.1) is 5.92 Å². The molecule has 2 heterocycles. The number of nitrogens with one attached hydrogen (secondary N) is 2. The van der Waals surface area contributed by atoms with E-state index >= 15 is 0 Å². The molecule has 1 aromatic heterocycles. The average Bonchev–Trinajstić information content (AvgIpc) is 3.30. The summed E-state index contributed by atoms with van der Waals surface area (Å²) in [5.41, 5.74) is 1.27. The molecule has 1 unspecified atom stereocenters. The minimum Gasteiger partial charge on any atom is -0.369 e. The fourth-order valence-electron chi connectivity index (χ4n) is 3.48. The molecule has 2 N–H and O–H groups in total. The first-order valence-electron chi connectivity index (χ1n) is 10.1. The van der Waals surface area contributed by atoms with Gasteiger partial charge in [-0.05, 0) is 43.5 Å². The Balaban J connectivity index is 1.59. The third-order valence-corrected chi connectivity index (χ3v) is 5.34. The molecule has 0 radical (unpaired) electrons. The van der Waals surface area contributed by atoms with Gasteiger partial charge in [-0.1, -0.05) is 29.8 Å². The highest BCUT2D eigenvalue weighted by molar-refractivity contribution is 9.10. The van der Waals surface area contributed by atoms with Crippen molar-refractivity contribution in [1.82, 2.24) is 20.2 Å². The fourth-order valence-corrected chi connectivity index (χ4v) is 3.74. The van der Waals surface area contributed by atoms with Gasteiger partial charge in [-0.15, -0.1) is 0 Å². The molecule has 6 nitrogen and oxygen atoms in total. The van der Waals surface area contributed by atoms with Crippen molar-refractivity contribution in [3.8, 4) is 0 Å². The van der Waals surface area contributed by atoms with Crippen LogP contribution in [-0.2, 0) is 13.1 Å². The summed E-state index contributed by atoms with van der Waals surface area (Å²) in [6, 6.07) is 8.92. The van der Waals surface area contributed by atoms with Crippen LogP contribution in [0.15, 0.2) is 46.1 Å². The Morgan fingerprint density at radius 1 is 1.32 bits per heavy atom. The van der Waals surface area contributed by atoms with Crippen molar-refractivity contribution in [3.63, 3.8) is 0 Å². The van der Waals surface area contributed by atoms with Gasteiger partial charge < -0.3 is 20.1 Å². The fraction of sp³-hybridized carbons (Fsp3) is 0.524. The summed E-state index contributed by atoms with van der Waals surface area (Å²) in [5, 5.41) is 6.97. The topological polar surface area (TPSA) is 57.5 Å². The van der Waals surface area contributed by atoms with Gasteiger partial charge in [-0.2, -0.15) is 0 Å². The highest BCUT2D eigenvalue weighted by Crippen LogP contribution is 2.22. The van der Waals surface area contributed by atoms with E-state index in [2.05, 4.69) is 86.1 Å². The second-order valence-corrected chi connectivity index (χ2v) is 8.55. The molecule has 152 valence electrons. The van der Waals surface area contributed by atoms with Crippen molar-refractivity contribution in [2.45, 2.75) is 46.3 Å². The lowest BCUT2D eigenvalue weighted by molar-refractivity contribution is 0.507. The molecule has 0 spiro atoms. The van der Waals surface area contributed by atoms with Crippen LogP contribution in [0.5, 0.6) is 0 Å². The first kappa shape index (κ1) is 20.7. The maximum absolute atomic E-state index is 4.78. The van der Waals surface area contributed by atoms with Crippen LogP contribution in [-0.4, -0.2) is 41.2 Å². The zero-order valence-corrected chi connectivity index (χ0v) is 18.6. The zero-order valence-electron chi connectivity index (χ0n) is 17.0. The van der Waals surface area contributed by atoms with E-state index < -0.39 is 0 Å². The molecule has 7 heteroatoms. The summed E-state index contributed by atoms with van der Waals surface area (Å²) in [6.07, 6.45) is 5.00. The summed E-state index contributed by atoms with van der Waals surface area (Å²) >= 11 is 3.51. The molecule has 1 fully saturated rings. The van der Waals surface area contributed by atoms with Gasteiger partial charge in [0.05, 0.1) is 0 Å². The highest BCUT2D eigenvalue weighted by Gasteiger charge is 2.23. The predicted molar refractivity (Wildman–Crippen MR) is 120 cm³/mol. The Labute approximate surface area is 176 Å². The number of nitrogens with zero attached hydrogens (tertiary/aromatic N) is 4. The van der Waals surface area contributed by atoms with Gasteiger partial charge in [-0.25, -0.2) is 9.98 Å². The van der Waals surface area contributed by atoms with Gasteiger partial charge in [0.25, 0.3) is 0 Å². The molecule has 1 atom stereocenters. The zero-order chi connectivity index (χ0) is 19.9. The molecule has 1 saturated heterocycles. The van der Waals surface area contributed by atoms with E-state index in [1.54, 1.807) is 0 Å². The standard InChI is InChI=1S/C21H31BrN6/c1-4-23-21(25-13-20-24-10-12-28(20)14-16(2)3)26-18-9-11-27(15-18)19-7-5-17(22)6-8-19/h5-8,10,12,16,18H,4,9,11,13-15H2,1-3H3,(H2,23,25,26). The van der Waals surface area contributed by atoms with Crippen molar-refractivity contribution in [2.24, 2.45) is 10.9 Å². The molecule has 28 heavy (non-hydrogen) atoms. The van der Waals surface area contributed by atoms with Crippen molar-refractivity contribution in [3.05, 3.63) is 47.0 Å². The lowest BCUT2D eigenvalue weighted by atomic mass is 10.2. The monoisotopic (exact) mass is 446 g/mol. The molecule has 3 rings (SSSR count). The van der Waals surface area contributed by atoms with Crippen LogP contribution in [0.3, 0.4) is 0 Å².